The van der Waals surface area contributed by atoms with E-state index in [4.69, 9.17) is 17.0 Å². The van der Waals surface area contributed by atoms with Crippen molar-refractivity contribution in [2.45, 2.75) is 52.4 Å². The van der Waals surface area contributed by atoms with Gasteiger partial charge < -0.3 is 4.74 Å². The highest BCUT2D eigenvalue weighted by atomic mass is 32.1. The third kappa shape index (κ3) is 6.22. The third-order valence-electron chi connectivity index (χ3n) is 3.98. The van der Waals surface area contributed by atoms with Crippen LogP contribution in [0.4, 0.5) is 0 Å². The van der Waals surface area contributed by atoms with Gasteiger partial charge in [-0.15, -0.1) is 0 Å². The van der Waals surface area contributed by atoms with Crippen LogP contribution in [-0.4, -0.2) is 27.7 Å². The lowest BCUT2D eigenvalue weighted by Gasteiger charge is -2.06. The highest BCUT2D eigenvalue weighted by Crippen LogP contribution is 2.12. The standard InChI is InChI=1S/C19H26N4O2S/c1-3-4-5-6-7-8-13-25-17-11-9-16(10-12-17)14-20-23-18(24)15(2)21-22-19(23)26/h9-12,14H,3-8,13H2,1-2H3,(H,22,26). The molecule has 0 saturated carbocycles. The zero-order chi connectivity index (χ0) is 18.8. The van der Waals surface area contributed by atoms with Gasteiger partial charge in [0.1, 0.15) is 11.4 Å². The molecule has 1 aromatic heterocycles. The molecule has 2 rings (SSSR count). The molecule has 0 spiro atoms. The van der Waals surface area contributed by atoms with Crippen LogP contribution in [0.15, 0.2) is 34.2 Å². The van der Waals surface area contributed by atoms with Gasteiger partial charge >= 0.3 is 0 Å². The average molecular weight is 375 g/mol. The molecule has 1 heterocycles. The predicted molar refractivity (Wildman–Crippen MR) is 107 cm³/mol. The Morgan fingerprint density at radius 3 is 2.62 bits per heavy atom. The van der Waals surface area contributed by atoms with Crippen LogP contribution >= 0.6 is 12.2 Å². The van der Waals surface area contributed by atoms with E-state index in [9.17, 15) is 4.79 Å². The van der Waals surface area contributed by atoms with E-state index in [1.165, 1.54) is 32.1 Å². The van der Waals surface area contributed by atoms with Gasteiger partial charge in [0.2, 0.25) is 4.77 Å². The summed E-state index contributed by atoms with van der Waals surface area (Å²) in [5.74, 6) is 0.838. The Labute approximate surface area is 158 Å². The second kappa shape index (κ2) is 10.7. The summed E-state index contributed by atoms with van der Waals surface area (Å²) in [4.78, 5) is 12.0. The van der Waals surface area contributed by atoms with Crippen LogP contribution in [0.1, 0.15) is 56.7 Å². The maximum atomic E-state index is 12.0. The molecule has 0 aliphatic carbocycles. The van der Waals surface area contributed by atoms with Gasteiger partial charge in [0.25, 0.3) is 5.56 Å². The minimum atomic E-state index is -0.330. The first kappa shape index (κ1) is 20.0. The van der Waals surface area contributed by atoms with E-state index in [-0.39, 0.29) is 10.3 Å². The van der Waals surface area contributed by atoms with Gasteiger partial charge in [0, 0.05) is 0 Å². The smallest absolute Gasteiger partial charge is 0.296 e. The molecule has 0 fully saturated rings. The summed E-state index contributed by atoms with van der Waals surface area (Å²) < 4.78 is 7.04. The van der Waals surface area contributed by atoms with Gasteiger partial charge in [0.05, 0.1) is 12.8 Å². The molecule has 6 nitrogen and oxygen atoms in total. The molecule has 7 heteroatoms. The van der Waals surface area contributed by atoms with Gasteiger partial charge in [-0.1, -0.05) is 39.0 Å². The summed E-state index contributed by atoms with van der Waals surface area (Å²) in [5, 5.41) is 10.5. The van der Waals surface area contributed by atoms with Crippen LogP contribution in [0, 0.1) is 11.7 Å². The van der Waals surface area contributed by atoms with Crippen LogP contribution in [0.5, 0.6) is 5.75 Å². The van der Waals surface area contributed by atoms with Crippen LogP contribution in [0.25, 0.3) is 0 Å². The molecule has 0 aliphatic heterocycles. The summed E-state index contributed by atoms with van der Waals surface area (Å²) in [5.41, 5.74) is 0.839. The summed E-state index contributed by atoms with van der Waals surface area (Å²) in [6.07, 6.45) is 9.06. The number of aromatic nitrogens is 3. The van der Waals surface area contributed by atoms with Gasteiger partial charge in [-0.25, -0.2) is 0 Å². The normalized spacial score (nSPS) is 11.2. The Morgan fingerprint density at radius 1 is 1.19 bits per heavy atom. The Morgan fingerprint density at radius 2 is 1.88 bits per heavy atom. The molecule has 0 atom stereocenters. The number of ether oxygens (including phenoxy) is 1. The summed E-state index contributed by atoms with van der Waals surface area (Å²) >= 11 is 5.04. The lowest BCUT2D eigenvalue weighted by Crippen LogP contribution is -2.22. The number of nitrogens with zero attached hydrogens (tertiary/aromatic N) is 3. The summed E-state index contributed by atoms with van der Waals surface area (Å²) in [6.45, 7) is 4.57. The van der Waals surface area contributed by atoms with Gasteiger partial charge in [-0.05, 0) is 55.4 Å². The minimum Gasteiger partial charge on any atom is -0.494 e. The molecule has 0 bridgehead atoms. The SMILES string of the molecule is CCCCCCCCOc1ccc(C=Nn2c(=S)[nH]nc(C)c2=O)cc1. The first-order valence-corrected chi connectivity index (χ1v) is 9.48. The fourth-order valence-electron chi connectivity index (χ4n) is 2.42. The van der Waals surface area contributed by atoms with Crippen molar-refractivity contribution in [3.63, 3.8) is 0 Å². The number of unbranched alkanes of at least 4 members (excludes halogenated alkanes) is 5. The van der Waals surface area contributed by atoms with Crippen molar-refractivity contribution in [3.05, 3.63) is 50.6 Å². The lowest BCUT2D eigenvalue weighted by atomic mass is 10.1. The fourth-order valence-corrected chi connectivity index (χ4v) is 2.60. The average Bonchev–Trinajstić information content (AvgIpc) is 2.65. The van der Waals surface area contributed by atoms with Crippen LogP contribution in [-0.2, 0) is 0 Å². The second-order valence-corrected chi connectivity index (χ2v) is 6.55. The highest BCUT2D eigenvalue weighted by molar-refractivity contribution is 7.71. The number of H-pyrrole nitrogens is 1. The molecule has 0 unspecified atom stereocenters. The van der Waals surface area contributed by atoms with Gasteiger partial charge in [-0.3, -0.25) is 9.89 Å². The van der Waals surface area contributed by atoms with Crippen LogP contribution in [0.3, 0.4) is 0 Å². The summed E-state index contributed by atoms with van der Waals surface area (Å²) in [6, 6.07) is 7.59. The maximum absolute atomic E-state index is 12.0. The molecule has 0 radical (unpaired) electrons. The Kier molecular flexibility index (Phi) is 8.21. The quantitative estimate of drug-likeness (QED) is 0.384. The number of hydrogen-bond acceptors (Lipinski definition) is 5. The fraction of sp³-hybridized carbons (Fsp3) is 0.474. The maximum Gasteiger partial charge on any atom is 0.296 e. The topological polar surface area (TPSA) is 72.3 Å². The van der Waals surface area contributed by atoms with E-state index >= 15 is 0 Å². The largest absolute Gasteiger partial charge is 0.494 e. The zero-order valence-electron chi connectivity index (χ0n) is 15.4. The van der Waals surface area contributed by atoms with Crippen LogP contribution in [0.2, 0.25) is 0 Å². The number of benzene rings is 1. The third-order valence-corrected chi connectivity index (χ3v) is 4.25. The van der Waals surface area contributed by atoms with Crippen molar-refractivity contribution in [2.75, 3.05) is 6.61 Å². The molecule has 0 aliphatic rings. The van der Waals surface area contributed by atoms with Crippen molar-refractivity contribution in [3.8, 4) is 5.75 Å². The first-order valence-electron chi connectivity index (χ1n) is 9.07. The van der Waals surface area contributed by atoms with Crippen molar-refractivity contribution >= 4 is 18.4 Å². The minimum absolute atomic E-state index is 0.163. The predicted octanol–water partition coefficient (Wildman–Crippen LogP) is 4.23. The number of nitrogens with one attached hydrogen (secondary N) is 1. The molecular formula is C19H26N4O2S. The number of aryl methyl sites for hydroxylation is 1. The van der Waals surface area contributed by atoms with E-state index < -0.39 is 0 Å². The highest BCUT2D eigenvalue weighted by Gasteiger charge is 2.01. The van der Waals surface area contributed by atoms with Crippen molar-refractivity contribution in [2.24, 2.45) is 5.10 Å². The van der Waals surface area contributed by atoms with E-state index in [2.05, 4.69) is 22.2 Å². The molecule has 0 saturated heterocycles. The molecule has 26 heavy (non-hydrogen) atoms. The van der Waals surface area contributed by atoms with Gasteiger partial charge in [0.15, 0.2) is 0 Å². The van der Waals surface area contributed by atoms with E-state index in [0.29, 0.717) is 5.69 Å². The van der Waals surface area contributed by atoms with E-state index in [1.54, 1.807) is 13.1 Å². The Bertz CT molecular complexity index is 825. The summed E-state index contributed by atoms with van der Waals surface area (Å²) in [7, 11) is 0. The van der Waals surface area contributed by atoms with Gasteiger partial charge in [-0.2, -0.15) is 14.9 Å². The Hall–Kier alpha value is -2.28. The molecule has 2 aromatic rings. The van der Waals surface area contributed by atoms with E-state index in [0.717, 1.165) is 29.0 Å². The molecule has 0 amide bonds. The number of rotatable bonds is 10. The number of hydrogen-bond donors (Lipinski definition) is 1. The van der Waals surface area contributed by atoms with E-state index in [1.807, 2.05) is 24.3 Å². The van der Waals surface area contributed by atoms with Crippen molar-refractivity contribution in [1.82, 2.24) is 14.9 Å². The van der Waals surface area contributed by atoms with Crippen LogP contribution < -0.4 is 10.3 Å². The molecule has 1 N–H and O–H groups in total. The second-order valence-electron chi connectivity index (χ2n) is 6.16. The molecule has 1 aromatic carbocycles. The van der Waals surface area contributed by atoms with Crippen molar-refractivity contribution < 1.29 is 4.74 Å². The number of aromatic amines is 1. The zero-order valence-corrected chi connectivity index (χ0v) is 16.2. The monoisotopic (exact) mass is 374 g/mol. The molecular weight excluding hydrogens is 348 g/mol. The lowest BCUT2D eigenvalue weighted by molar-refractivity contribution is 0.304. The first-order chi connectivity index (χ1) is 12.6. The Balaban J connectivity index is 1.85. The van der Waals surface area contributed by atoms with Crippen molar-refractivity contribution in [1.29, 1.82) is 0 Å². The molecule has 140 valence electrons.